The zero-order chi connectivity index (χ0) is 22.3. The van der Waals surface area contributed by atoms with E-state index in [1.807, 2.05) is 52.3 Å². The van der Waals surface area contributed by atoms with Crippen LogP contribution >= 0.6 is 0 Å². The van der Waals surface area contributed by atoms with Crippen LogP contribution in [0, 0.1) is 0 Å². The molecule has 2 aromatic rings. The van der Waals surface area contributed by atoms with Crippen LogP contribution in [0.3, 0.4) is 0 Å². The second kappa shape index (κ2) is 10.5. The van der Waals surface area contributed by atoms with Gasteiger partial charge in [-0.2, -0.15) is 0 Å². The van der Waals surface area contributed by atoms with E-state index in [0.29, 0.717) is 51.2 Å². The summed E-state index contributed by atoms with van der Waals surface area (Å²) in [5.74, 6) is 1.02. The van der Waals surface area contributed by atoms with Crippen molar-refractivity contribution < 1.29 is 14.3 Å². The van der Waals surface area contributed by atoms with Gasteiger partial charge in [-0.05, 0) is 48.1 Å². The van der Waals surface area contributed by atoms with Crippen LogP contribution in [0.15, 0.2) is 54.6 Å². The maximum absolute atomic E-state index is 12.7. The van der Waals surface area contributed by atoms with Crippen molar-refractivity contribution in [2.24, 2.45) is 0 Å². The summed E-state index contributed by atoms with van der Waals surface area (Å²) in [5.41, 5.74) is 2.10. The van der Waals surface area contributed by atoms with Crippen LogP contribution in [0.4, 0.5) is 0 Å². The zero-order valence-electron chi connectivity index (χ0n) is 19.0. The Balaban J connectivity index is 1.40. The van der Waals surface area contributed by atoms with Gasteiger partial charge in [0.1, 0.15) is 5.75 Å². The summed E-state index contributed by atoms with van der Waals surface area (Å²) in [6, 6.07) is 17.5. The van der Waals surface area contributed by atoms with E-state index in [1.54, 1.807) is 0 Å². The van der Waals surface area contributed by atoms with Gasteiger partial charge in [-0.3, -0.25) is 9.59 Å². The average molecular weight is 423 g/mol. The summed E-state index contributed by atoms with van der Waals surface area (Å²) in [5, 5.41) is 0. The molecule has 0 saturated carbocycles. The molecular weight excluding hydrogens is 388 g/mol. The third-order valence-corrected chi connectivity index (χ3v) is 5.68. The first kappa shape index (κ1) is 22.9. The Kier molecular flexibility index (Phi) is 7.72. The second-order valence-corrected chi connectivity index (χ2v) is 9.12. The molecule has 31 heavy (non-hydrogen) atoms. The quantitative estimate of drug-likeness (QED) is 0.643. The second-order valence-electron chi connectivity index (χ2n) is 9.12. The third-order valence-electron chi connectivity index (χ3n) is 5.68. The van der Waals surface area contributed by atoms with Crippen molar-refractivity contribution in [1.29, 1.82) is 0 Å². The van der Waals surface area contributed by atoms with Gasteiger partial charge in [-0.1, -0.05) is 51.1 Å². The Morgan fingerprint density at radius 2 is 1.52 bits per heavy atom. The molecule has 2 aromatic carbocycles. The Morgan fingerprint density at radius 1 is 0.871 bits per heavy atom. The number of carbonyl (C=O) groups is 2. The lowest BCUT2D eigenvalue weighted by molar-refractivity contribution is -0.131. The number of rotatable bonds is 6. The lowest BCUT2D eigenvalue weighted by Crippen LogP contribution is -2.37. The molecule has 1 aliphatic heterocycles. The first-order valence-corrected chi connectivity index (χ1v) is 11.2. The van der Waals surface area contributed by atoms with E-state index >= 15 is 0 Å². The minimum atomic E-state index is 0.0424. The summed E-state index contributed by atoms with van der Waals surface area (Å²) in [6.45, 7) is 9.64. The number of nitrogens with zero attached hydrogens (tertiary/aromatic N) is 2. The third kappa shape index (κ3) is 6.58. The standard InChI is InChI=1S/C26H34N2O3/c1-26(2,3)22-12-14-23(15-13-22)31-20-7-11-24(29)27-16-8-17-28(19-18-27)25(30)21-9-5-4-6-10-21/h4-6,9-10,12-15H,7-8,11,16-20H2,1-3H3. The molecule has 0 aliphatic carbocycles. The highest BCUT2D eigenvalue weighted by atomic mass is 16.5. The molecule has 5 heteroatoms. The van der Waals surface area contributed by atoms with Crippen molar-refractivity contribution >= 4 is 11.8 Å². The summed E-state index contributed by atoms with van der Waals surface area (Å²) < 4.78 is 5.81. The molecule has 5 nitrogen and oxygen atoms in total. The number of benzene rings is 2. The van der Waals surface area contributed by atoms with Crippen LogP contribution in [0.1, 0.15) is 56.0 Å². The molecule has 1 saturated heterocycles. The van der Waals surface area contributed by atoms with Gasteiger partial charge in [0, 0.05) is 38.2 Å². The Labute approximate surface area is 186 Å². The molecule has 0 unspecified atom stereocenters. The van der Waals surface area contributed by atoms with Gasteiger partial charge in [0.15, 0.2) is 0 Å². The monoisotopic (exact) mass is 422 g/mol. The van der Waals surface area contributed by atoms with Crippen LogP contribution < -0.4 is 4.74 Å². The predicted octanol–water partition coefficient (Wildman–Crippen LogP) is 4.52. The highest BCUT2D eigenvalue weighted by Crippen LogP contribution is 2.24. The van der Waals surface area contributed by atoms with Crippen LogP contribution in [0.5, 0.6) is 5.75 Å². The lowest BCUT2D eigenvalue weighted by atomic mass is 9.87. The van der Waals surface area contributed by atoms with Gasteiger partial charge >= 0.3 is 0 Å². The molecule has 0 spiro atoms. The highest BCUT2D eigenvalue weighted by Gasteiger charge is 2.22. The maximum atomic E-state index is 12.7. The molecular formula is C26H34N2O3. The zero-order valence-corrected chi connectivity index (χ0v) is 19.0. The van der Waals surface area contributed by atoms with E-state index in [1.165, 1.54) is 5.56 Å². The van der Waals surface area contributed by atoms with Gasteiger partial charge in [0.2, 0.25) is 5.91 Å². The van der Waals surface area contributed by atoms with Gasteiger partial charge in [-0.15, -0.1) is 0 Å². The summed E-state index contributed by atoms with van der Waals surface area (Å²) in [4.78, 5) is 29.0. The van der Waals surface area contributed by atoms with Crippen molar-refractivity contribution in [2.75, 3.05) is 32.8 Å². The SMILES string of the molecule is CC(C)(C)c1ccc(OCCCC(=O)N2CCCN(C(=O)c3ccccc3)CC2)cc1. The molecule has 2 amide bonds. The number of amides is 2. The molecule has 166 valence electrons. The van der Waals surface area contributed by atoms with Crippen molar-refractivity contribution in [2.45, 2.75) is 45.4 Å². The Morgan fingerprint density at radius 3 is 2.19 bits per heavy atom. The first-order chi connectivity index (χ1) is 14.8. The summed E-state index contributed by atoms with van der Waals surface area (Å²) in [6.07, 6.45) is 1.96. The number of carbonyl (C=O) groups excluding carboxylic acids is 2. The minimum Gasteiger partial charge on any atom is -0.494 e. The van der Waals surface area contributed by atoms with Gasteiger partial charge in [0.05, 0.1) is 6.61 Å². The fourth-order valence-electron chi connectivity index (χ4n) is 3.76. The van der Waals surface area contributed by atoms with E-state index < -0.39 is 0 Å². The molecule has 0 radical (unpaired) electrons. The largest absolute Gasteiger partial charge is 0.494 e. The van der Waals surface area contributed by atoms with Gasteiger partial charge < -0.3 is 14.5 Å². The van der Waals surface area contributed by atoms with Gasteiger partial charge in [-0.25, -0.2) is 0 Å². The number of hydrogen-bond acceptors (Lipinski definition) is 3. The van der Waals surface area contributed by atoms with Gasteiger partial charge in [0.25, 0.3) is 5.91 Å². The Hall–Kier alpha value is -2.82. The maximum Gasteiger partial charge on any atom is 0.253 e. The van der Waals surface area contributed by atoms with E-state index in [2.05, 4.69) is 32.9 Å². The number of ether oxygens (including phenoxy) is 1. The normalized spacial score (nSPS) is 14.8. The first-order valence-electron chi connectivity index (χ1n) is 11.2. The topological polar surface area (TPSA) is 49.9 Å². The van der Waals surface area contributed by atoms with Crippen LogP contribution in [-0.2, 0) is 10.2 Å². The molecule has 1 fully saturated rings. The van der Waals surface area contributed by atoms with E-state index in [-0.39, 0.29) is 17.2 Å². The molecule has 0 aromatic heterocycles. The van der Waals surface area contributed by atoms with Crippen molar-refractivity contribution in [3.8, 4) is 5.75 Å². The van der Waals surface area contributed by atoms with Crippen molar-refractivity contribution in [3.05, 3.63) is 65.7 Å². The molecule has 0 atom stereocenters. The van der Waals surface area contributed by atoms with Crippen LogP contribution in [-0.4, -0.2) is 54.4 Å². The van der Waals surface area contributed by atoms with Crippen LogP contribution in [0.2, 0.25) is 0 Å². The highest BCUT2D eigenvalue weighted by molar-refractivity contribution is 5.94. The minimum absolute atomic E-state index is 0.0424. The average Bonchev–Trinajstić information content (AvgIpc) is 3.03. The number of hydrogen-bond donors (Lipinski definition) is 0. The lowest BCUT2D eigenvalue weighted by Gasteiger charge is -2.22. The van der Waals surface area contributed by atoms with E-state index in [9.17, 15) is 9.59 Å². The summed E-state index contributed by atoms with van der Waals surface area (Å²) in [7, 11) is 0. The summed E-state index contributed by atoms with van der Waals surface area (Å²) >= 11 is 0. The predicted molar refractivity (Wildman–Crippen MR) is 123 cm³/mol. The smallest absolute Gasteiger partial charge is 0.253 e. The molecule has 1 heterocycles. The fraction of sp³-hybridized carbons (Fsp3) is 0.462. The van der Waals surface area contributed by atoms with Crippen LogP contribution in [0.25, 0.3) is 0 Å². The Bertz CT molecular complexity index is 856. The van der Waals surface area contributed by atoms with Crippen molar-refractivity contribution in [1.82, 2.24) is 9.80 Å². The van der Waals surface area contributed by atoms with Crippen molar-refractivity contribution in [3.63, 3.8) is 0 Å². The van der Waals surface area contributed by atoms with E-state index in [0.717, 1.165) is 12.2 Å². The van der Waals surface area contributed by atoms with E-state index in [4.69, 9.17) is 4.74 Å². The molecule has 0 bridgehead atoms. The molecule has 1 aliphatic rings. The molecule has 0 N–H and O–H groups in total. The fourth-order valence-corrected chi connectivity index (χ4v) is 3.76. The molecule has 3 rings (SSSR count).